The van der Waals surface area contributed by atoms with Gasteiger partial charge in [0.2, 0.25) is 5.95 Å². The van der Waals surface area contributed by atoms with Gasteiger partial charge in [0.25, 0.3) is 10.0 Å². The highest BCUT2D eigenvalue weighted by atomic mass is 32.2. The SMILES string of the molecule is CC1(C)OB(c2ccc3c(-c4nc(N)ncc4C(F)(F)F)cn(S(=O)(=O)c4ccccc4)c3c2)OC1(C)C. The highest BCUT2D eigenvalue weighted by Crippen LogP contribution is 2.41. The Hall–Kier alpha value is -3.42. The van der Waals surface area contributed by atoms with E-state index in [0.29, 0.717) is 11.7 Å². The van der Waals surface area contributed by atoms with E-state index in [1.54, 1.807) is 30.3 Å². The molecule has 0 saturated carbocycles. The Morgan fingerprint density at radius 2 is 1.63 bits per heavy atom. The molecule has 0 spiro atoms. The number of anilines is 1. The largest absolute Gasteiger partial charge is 0.494 e. The van der Waals surface area contributed by atoms with E-state index in [2.05, 4.69) is 9.97 Å². The van der Waals surface area contributed by atoms with Gasteiger partial charge in [-0.25, -0.2) is 22.4 Å². The number of nitrogens with zero attached hydrogens (tertiary/aromatic N) is 3. The molecule has 0 bridgehead atoms. The summed E-state index contributed by atoms with van der Waals surface area (Å²) in [6, 6.07) is 12.3. The molecule has 198 valence electrons. The summed E-state index contributed by atoms with van der Waals surface area (Å²) in [5, 5.41) is 0.216. The number of hydrogen-bond donors (Lipinski definition) is 1. The first-order valence-corrected chi connectivity index (χ1v) is 13.1. The molecule has 2 N–H and O–H groups in total. The average Bonchev–Trinajstić information content (AvgIpc) is 3.32. The molecule has 1 aliphatic rings. The molecular weight excluding hydrogens is 520 g/mol. The van der Waals surface area contributed by atoms with Gasteiger partial charge in [-0.2, -0.15) is 13.2 Å². The van der Waals surface area contributed by atoms with Crippen LogP contribution < -0.4 is 11.2 Å². The molecule has 0 amide bonds. The molecule has 0 aliphatic carbocycles. The van der Waals surface area contributed by atoms with Gasteiger partial charge >= 0.3 is 13.3 Å². The van der Waals surface area contributed by atoms with Gasteiger partial charge in [0.15, 0.2) is 0 Å². The van der Waals surface area contributed by atoms with Crippen molar-refractivity contribution in [2.45, 2.75) is 50.0 Å². The molecule has 8 nitrogen and oxygen atoms in total. The van der Waals surface area contributed by atoms with Crippen molar-refractivity contribution in [3.8, 4) is 11.3 Å². The van der Waals surface area contributed by atoms with Crippen molar-refractivity contribution in [1.29, 1.82) is 0 Å². The number of aromatic nitrogens is 3. The van der Waals surface area contributed by atoms with Crippen molar-refractivity contribution >= 4 is 39.5 Å². The zero-order valence-electron chi connectivity index (χ0n) is 20.9. The van der Waals surface area contributed by atoms with Gasteiger partial charge in [0, 0.05) is 23.3 Å². The van der Waals surface area contributed by atoms with Crippen LogP contribution in [0.15, 0.2) is 65.8 Å². The fourth-order valence-corrected chi connectivity index (χ4v) is 5.63. The third-order valence-electron chi connectivity index (χ3n) is 6.99. The minimum atomic E-state index is -4.81. The van der Waals surface area contributed by atoms with Gasteiger partial charge in [0.05, 0.1) is 27.3 Å². The van der Waals surface area contributed by atoms with E-state index in [4.69, 9.17) is 15.0 Å². The van der Waals surface area contributed by atoms with Crippen LogP contribution in [-0.2, 0) is 25.5 Å². The number of hydrogen-bond acceptors (Lipinski definition) is 7. The molecule has 1 fully saturated rings. The van der Waals surface area contributed by atoms with E-state index in [-0.39, 0.29) is 27.3 Å². The predicted octanol–water partition coefficient (Wildman–Crippen LogP) is 4.24. The predicted molar refractivity (Wildman–Crippen MR) is 137 cm³/mol. The number of fused-ring (bicyclic) bond motifs is 1. The first-order chi connectivity index (χ1) is 17.6. The molecule has 1 aliphatic heterocycles. The lowest BCUT2D eigenvalue weighted by atomic mass is 9.78. The van der Waals surface area contributed by atoms with Gasteiger partial charge in [-0.15, -0.1) is 0 Å². The van der Waals surface area contributed by atoms with E-state index < -0.39 is 45.8 Å². The summed E-state index contributed by atoms with van der Waals surface area (Å²) in [6.07, 6.45) is -3.10. The van der Waals surface area contributed by atoms with Crippen LogP contribution in [0.2, 0.25) is 0 Å². The summed E-state index contributed by atoms with van der Waals surface area (Å²) in [4.78, 5) is 7.31. The number of nitrogen functional groups attached to an aromatic ring is 1. The molecule has 1 saturated heterocycles. The zero-order chi connectivity index (χ0) is 27.7. The Morgan fingerprint density at radius 3 is 2.24 bits per heavy atom. The van der Waals surface area contributed by atoms with Crippen LogP contribution in [0.1, 0.15) is 33.3 Å². The van der Waals surface area contributed by atoms with Crippen LogP contribution in [0.5, 0.6) is 0 Å². The van der Waals surface area contributed by atoms with E-state index in [1.807, 2.05) is 27.7 Å². The summed E-state index contributed by atoms with van der Waals surface area (Å²) < 4.78 is 82.3. The first kappa shape index (κ1) is 26.2. The second kappa shape index (κ2) is 8.55. The Bertz CT molecular complexity index is 1640. The highest BCUT2D eigenvalue weighted by Gasteiger charge is 2.51. The first-order valence-electron chi connectivity index (χ1n) is 11.6. The Labute approximate surface area is 217 Å². The van der Waals surface area contributed by atoms with Crippen LogP contribution in [-0.4, -0.2) is 40.7 Å². The fraction of sp³-hybridized carbons (Fsp3) is 0.280. The lowest BCUT2D eigenvalue weighted by Gasteiger charge is -2.32. The summed E-state index contributed by atoms with van der Waals surface area (Å²) >= 11 is 0. The quantitative estimate of drug-likeness (QED) is 0.383. The maximum atomic E-state index is 13.9. The van der Waals surface area contributed by atoms with Crippen LogP contribution in [0.3, 0.4) is 0 Å². The second-order valence-electron chi connectivity index (χ2n) is 10.0. The van der Waals surface area contributed by atoms with Crippen LogP contribution in [0.25, 0.3) is 22.2 Å². The second-order valence-corrected chi connectivity index (χ2v) is 11.8. The standard InChI is InChI=1S/C25H24BF3N4O4S/c1-23(2)24(3,4)37-26(36-23)15-10-11-17-18(21-19(25(27,28)29)13-31-22(30)32-21)14-33(20(17)12-15)38(34,35)16-8-6-5-7-9-16/h5-14H,1-4H3,(H2,30,31,32). The minimum absolute atomic E-state index is 0.0391. The topological polar surface area (TPSA) is 109 Å². The van der Waals surface area contributed by atoms with Crippen molar-refractivity contribution in [3.63, 3.8) is 0 Å². The molecule has 13 heteroatoms. The van der Waals surface area contributed by atoms with E-state index >= 15 is 0 Å². The zero-order valence-corrected chi connectivity index (χ0v) is 21.8. The summed E-state index contributed by atoms with van der Waals surface area (Å²) in [7, 11) is -5.04. The number of halogens is 3. The fourth-order valence-electron chi connectivity index (χ4n) is 4.24. The van der Waals surface area contributed by atoms with Gasteiger partial charge < -0.3 is 15.0 Å². The van der Waals surface area contributed by atoms with Crippen LogP contribution >= 0.6 is 0 Å². The molecular formula is C25H24BF3N4O4S. The Morgan fingerprint density at radius 1 is 1.00 bits per heavy atom. The molecule has 3 heterocycles. The number of nitrogens with two attached hydrogens (primary N) is 1. The van der Waals surface area contributed by atoms with Crippen molar-refractivity contribution in [2.75, 3.05) is 5.73 Å². The maximum Gasteiger partial charge on any atom is 0.494 e. The number of rotatable bonds is 4. The summed E-state index contributed by atoms with van der Waals surface area (Å²) in [5.74, 6) is -0.381. The van der Waals surface area contributed by atoms with E-state index in [9.17, 15) is 21.6 Å². The van der Waals surface area contributed by atoms with Crippen molar-refractivity contribution in [2.24, 2.45) is 0 Å². The van der Waals surface area contributed by atoms with E-state index in [1.165, 1.54) is 18.2 Å². The number of alkyl halides is 3. The summed E-state index contributed by atoms with van der Waals surface area (Å²) in [5.41, 5.74) is 3.23. The van der Waals surface area contributed by atoms with Crippen molar-refractivity contribution < 1.29 is 30.9 Å². The molecule has 5 rings (SSSR count). The Balaban J connectivity index is 1.78. The third kappa shape index (κ3) is 4.24. The average molecular weight is 544 g/mol. The van der Waals surface area contributed by atoms with Gasteiger partial charge in [-0.1, -0.05) is 30.3 Å². The molecule has 0 radical (unpaired) electrons. The van der Waals surface area contributed by atoms with Crippen LogP contribution in [0, 0.1) is 0 Å². The molecule has 38 heavy (non-hydrogen) atoms. The minimum Gasteiger partial charge on any atom is -0.399 e. The monoisotopic (exact) mass is 544 g/mol. The van der Waals surface area contributed by atoms with Crippen LogP contribution in [0.4, 0.5) is 19.1 Å². The molecule has 4 aromatic rings. The van der Waals surface area contributed by atoms with Gasteiger partial charge in [0.1, 0.15) is 5.56 Å². The molecule has 2 aromatic carbocycles. The summed E-state index contributed by atoms with van der Waals surface area (Å²) in [6.45, 7) is 7.52. The smallest absolute Gasteiger partial charge is 0.399 e. The van der Waals surface area contributed by atoms with Gasteiger partial charge in [-0.3, -0.25) is 0 Å². The van der Waals surface area contributed by atoms with Crippen molar-refractivity contribution in [1.82, 2.24) is 13.9 Å². The normalized spacial score (nSPS) is 17.3. The maximum absolute atomic E-state index is 13.9. The third-order valence-corrected chi connectivity index (χ3v) is 8.68. The molecule has 0 unspecified atom stereocenters. The lowest BCUT2D eigenvalue weighted by Crippen LogP contribution is -2.41. The lowest BCUT2D eigenvalue weighted by molar-refractivity contribution is -0.137. The highest BCUT2D eigenvalue weighted by molar-refractivity contribution is 7.90. The number of benzene rings is 2. The molecule has 2 aromatic heterocycles. The van der Waals surface area contributed by atoms with E-state index in [0.717, 1.165) is 10.2 Å². The molecule has 0 atom stereocenters. The Kier molecular flexibility index (Phi) is 5.89. The van der Waals surface area contributed by atoms with Gasteiger partial charge in [-0.05, 0) is 51.4 Å². The van der Waals surface area contributed by atoms with Crippen molar-refractivity contribution in [3.05, 3.63) is 66.5 Å².